The van der Waals surface area contributed by atoms with Crippen molar-refractivity contribution >= 4 is 42.0 Å². The van der Waals surface area contributed by atoms with Gasteiger partial charge in [-0.15, -0.1) is 0 Å². The summed E-state index contributed by atoms with van der Waals surface area (Å²) in [7, 11) is -1.10. The molecule has 8 heteroatoms. The molecule has 0 radical (unpaired) electrons. The number of nitrogen functional groups attached to an aromatic ring is 1. The maximum absolute atomic E-state index is 12.7. The maximum atomic E-state index is 12.7. The molecule has 0 spiro atoms. The van der Waals surface area contributed by atoms with Crippen molar-refractivity contribution in [2.24, 2.45) is 0 Å². The summed E-state index contributed by atoms with van der Waals surface area (Å²) in [5.41, 5.74) is 6.18. The smallest absolute Gasteiger partial charge is 0.198 e. The van der Waals surface area contributed by atoms with Gasteiger partial charge in [0.15, 0.2) is 31.7 Å². The second kappa shape index (κ2) is 7.54. The van der Waals surface area contributed by atoms with Crippen LogP contribution in [-0.2, 0) is 4.57 Å². The number of para-hydroxylation sites is 1. The number of nitrogens with two attached hydrogens (primary N) is 1. The predicted octanol–water partition coefficient (Wildman–Crippen LogP) is 4.03. The fraction of sp³-hybridized carbons (Fsp3) is 0. The van der Waals surface area contributed by atoms with Crippen molar-refractivity contribution in [2.75, 3.05) is 5.73 Å². The molecule has 0 atom stereocenters. The van der Waals surface area contributed by atoms with Crippen LogP contribution in [-0.4, -0.2) is 0 Å². The average molecular weight is 415 g/mol. The van der Waals surface area contributed by atoms with Crippen LogP contribution >= 0.6 is 31.1 Å². The van der Waals surface area contributed by atoms with Gasteiger partial charge in [-0.2, -0.15) is 0 Å². The molecular weight excluding hydrogens is 408 g/mol. The first-order valence-corrected chi connectivity index (χ1v) is 6.94. The Balaban J connectivity index is 0.000000240. The van der Waals surface area contributed by atoms with E-state index in [9.17, 15) is 22.1 Å². The Hall–Kier alpha value is -1.21. The second-order valence-electron chi connectivity index (χ2n) is 3.42. The highest BCUT2D eigenvalue weighted by Crippen LogP contribution is 2.21. The standard InChI is InChI=1S/C6F4IOP.C6H7N/c7-1-3(9)6(13-12)4(10)2(8)5(1)11;7-6-4-2-1-3-5-6/h;1-5H,7H2. The number of benzene rings is 2. The summed E-state index contributed by atoms with van der Waals surface area (Å²) < 4.78 is 60.1. The first-order valence-electron chi connectivity index (χ1n) is 5.05. The lowest BCUT2D eigenvalue weighted by molar-refractivity contribution is 0.454. The van der Waals surface area contributed by atoms with E-state index in [-0.39, 0.29) is 0 Å². The van der Waals surface area contributed by atoms with Gasteiger partial charge in [-0.3, -0.25) is 4.57 Å². The minimum absolute atomic E-state index is 0.792. The molecular formula is C12H7F4INOP. The van der Waals surface area contributed by atoms with Gasteiger partial charge < -0.3 is 5.73 Å². The molecule has 2 aromatic rings. The van der Waals surface area contributed by atoms with E-state index >= 15 is 0 Å². The van der Waals surface area contributed by atoms with E-state index in [0.29, 0.717) is 0 Å². The molecule has 0 aromatic heterocycles. The van der Waals surface area contributed by atoms with E-state index in [4.69, 9.17) is 5.73 Å². The molecule has 0 saturated carbocycles. The number of hydrogen-bond donors (Lipinski definition) is 1. The number of hydrogen-bond acceptors (Lipinski definition) is 2. The molecule has 2 N–H and O–H groups in total. The van der Waals surface area contributed by atoms with Gasteiger partial charge in [0.05, 0.1) is 3.57 Å². The van der Waals surface area contributed by atoms with Gasteiger partial charge in [0.2, 0.25) is 0 Å². The van der Waals surface area contributed by atoms with Crippen LogP contribution in [0.25, 0.3) is 0 Å². The summed E-state index contributed by atoms with van der Waals surface area (Å²) in [4.78, 5) is 0. The zero-order chi connectivity index (χ0) is 15.3. The van der Waals surface area contributed by atoms with Crippen LogP contribution in [0.4, 0.5) is 23.2 Å². The number of halogens is 5. The fourth-order valence-electron chi connectivity index (χ4n) is 1.13. The van der Waals surface area contributed by atoms with Crippen molar-refractivity contribution in [1.29, 1.82) is 0 Å². The Bertz CT molecular complexity index is 596. The summed E-state index contributed by atoms with van der Waals surface area (Å²) >= 11 is 1.12. The molecule has 2 nitrogen and oxygen atoms in total. The van der Waals surface area contributed by atoms with Crippen molar-refractivity contribution in [2.45, 2.75) is 0 Å². The summed E-state index contributed by atoms with van der Waals surface area (Å²) in [6.45, 7) is 0. The summed E-state index contributed by atoms with van der Waals surface area (Å²) in [6.07, 6.45) is 0. The Morgan fingerprint density at radius 3 is 1.65 bits per heavy atom. The fourth-order valence-corrected chi connectivity index (χ4v) is 1.96. The molecule has 0 heterocycles. The van der Waals surface area contributed by atoms with E-state index in [0.717, 1.165) is 28.3 Å². The Kier molecular flexibility index (Phi) is 6.35. The van der Waals surface area contributed by atoms with Crippen LogP contribution in [0.15, 0.2) is 30.3 Å². The SMILES string of the molecule is Nc1ccccc1.O=Pc1c(F)c(F)c(I)c(F)c1F. The molecule has 0 aliphatic heterocycles. The largest absolute Gasteiger partial charge is 0.399 e. The summed E-state index contributed by atoms with van der Waals surface area (Å²) in [5, 5.41) is -1.13. The minimum Gasteiger partial charge on any atom is -0.399 e. The first-order chi connectivity index (χ1) is 9.40. The second-order valence-corrected chi connectivity index (χ2v) is 5.13. The van der Waals surface area contributed by atoms with Crippen LogP contribution in [0.5, 0.6) is 0 Å². The van der Waals surface area contributed by atoms with Gasteiger partial charge in [-0.1, -0.05) is 18.2 Å². The molecule has 2 aromatic carbocycles. The van der Waals surface area contributed by atoms with Crippen molar-refractivity contribution < 1.29 is 22.1 Å². The third-order valence-corrected chi connectivity index (χ3v) is 3.60. The van der Waals surface area contributed by atoms with Gasteiger partial charge in [-0.25, -0.2) is 17.6 Å². The quantitative estimate of drug-likeness (QED) is 0.191. The normalized spacial score (nSPS) is 10.1. The van der Waals surface area contributed by atoms with E-state index in [1.807, 2.05) is 30.3 Å². The van der Waals surface area contributed by atoms with Gasteiger partial charge >= 0.3 is 0 Å². The third-order valence-electron chi connectivity index (χ3n) is 2.08. The zero-order valence-corrected chi connectivity index (χ0v) is 12.8. The molecule has 0 bridgehead atoms. The van der Waals surface area contributed by atoms with E-state index in [2.05, 4.69) is 0 Å². The lowest BCUT2D eigenvalue weighted by Crippen LogP contribution is -2.14. The third kappa shape index (κ3) is 3.89. The predicted molar refractivity (Wildman–Crippen MR) is 77.1 cm³/mol. The highest BCUT2D eigenvalue weighted by molar-refractivity contribution is 14.1. The Labute approximate surface area is 127 Å². The summed E-state index contributed by atoms with van der Waals surface area (Å²) in [6, 6.07) is 9.49. The Morgan fingerprint density at radius 2 is 1.35 bits per heavy atom. The van der Waals surface area contributed by atoms with Crippen LogP contribution in [0.3, 0.4) is 0 Å². The molecule has 0 saturated heterocycles. The molecule has 0 fully saturated rings. The number of rotatable bonds is 1. The number of anilines is 1. The van der Waals surface area contributed by atoms with E-state index < -0.39 is 40.6 Å². The molecule has 0 unspecified atom stereocenters. The van der Waals surface area contributed by atoms with Gasteiger partial charge in [0, 0.05) is 5.69 Å². The zero-order valence-electron chi connectivity index (χ0n) is 9.71. The Morgan fingerprint density at radius 1 is 0.900 bits per heavy atom. The molecule has 2 rings (SSSR count). The van der Waals surface area contributed by atoms with E-state index in [1.54, 1.807) is 0 Å². The van der Waals surface area contributed by atoms with Gasteiger partial charge in [-0.05, 0) is 34.7 Å². The molecule has 106 valence electrons. The van der Waals surface area contributed by atoms with Gasteiger partial charge in [0.1, 0.15) is 5.30 Å². The van der Waals surface area contributed by atoms with Crippen molar-refractivity contribution in [3.05, 3.63) is 57.2 Å². The van der Waals surface area contributed by atoms with Crippen LogP contribution < -0.4 is 11.0 Å². The van der Waals surface area contributed by atoms with Crippen molar-refractivity contribution in [1.82, 2.24) is 0 Å². The lowest BCUT2D eigenvalue weighted by atomic mass is 10.3. The lowest BCUT2D eigenvalue weighted by Gasteiger charge is -2.02. The minimum atomic E-state index is -1.63. The molecule has 0 amide bonds. The molecule has 0 aliphatic rings. The maximum Gasteiger partial charge on any atom is 0.198 e. The van der Waals surface area contributed by atoms with E-state index in [1.165, 1.54) is 0 Å². The monoisotopic (exact) mass is 415 g/mol. The topological polar surface area (TPSA) is 43.1 Å². The highest BCUT2D eigenvalue weighted by atomic mass is 127. The van der Waals surface area contributed by atoms with Crippen molar-refractivity contribution in [3.8, 4) is 0 Å². The molecule has 0 aliphatic carbocycles. The highest BCUT2D eigenvalue weighted by Gasteiger charge is 2.23. The van der Waals surface area contributed by atoms with Gasteiger partial charge in [0.25, 0.3) is 0 Å². The first kappa shape index (κ1) is 16.8. The average Bonchev–Trinajstić information content (AvgIpc) is 2.45. The summed E-state index contributed by atoms with van der Waals surface area (Å²) in [5.74, 6) is -6.31. The van der Waals surface area contributed by atoms with Crippen LogP contribution in [0.2, 0.25) is 0 Å². The van der Waals surface area contributed by atoms with Crippen molar-refractivity contribution in [3.63, 3.8) is 0 Å². The molecule has 20 heavy (non-hydrogen) atoms. The van der Waals surface area contributed by atoms with Crippen LogP contribution in [0.1, 0.15) is 0 Å². The van der Waals surface area contributed by atoms with Crippen LogP contribution in [0, 0.1) is 26.8 Å².